The molecule has 0 aliphatic carbocycles. The highest BCUT2D eigenvalue weighted by Crippen LogP contribution is 2.58. The Kier molecular flexibility index (Phi) is 6.17. The molecule has 1 saturated heterocycles. The lowest BCUT2D eigenvalue weighted by Gasteiger charge is -2.28. The van der Waals surface area contributed by atoms with Crippen molar-refractivity contribution in [2.45, 2.75) is 20.0 Å². The zero-order valence-corrected chi connectivity index (χ0v) is 14.8. The van der Waals surface area contributed by atoms with E-state index in [0.29, 0.717) is 37.3 Å². The van der Waals surface area contributed by atoms with Crippen molar-refractivity contribution in [3.05, 3.63) is 28.0 Å². The first-order chi connectivity index (χ1) is 10.5. The van der Waals surface area contributed by atoms with Crippen molar-refractivity contribution < 1.29 is 18.4 Å². The van der Waals surface area contributed by atoms with Crippen LogP contribution >= 0.6 is 23.6 Å². The van der Waals surface area contributed by atoms with Crippen LogP contribution in [-0.2, 0) is 15.7 Å². The minimum atomic E-state index is -3.10. The summed E-state index contributed by atoms with van der Waals surface area (Å²) in [5.74, 6) is -0.0462. The number of halogens is 1. The number of alkyl halides is 1. The number of hydrogen-bond donors (Lipinski definition) is 0. The number of rotatable bonds is 8. The highest BCUT2D eigenvalue weighted by Gasteiger charge is 2.43. The summed E-state index contributed by atoms with van der Waals surface area (Å²) in [4.78, 5) is 10.00. The molecular formula is C12H19BrN3O5P. The predicted molar refractivity (Wildman–Crippen MR) is 85.0 cm³/mol. The Morgan fingerprint density at radius 1 is 1.41 bits per heavy atom. The molecule has 0 N–H and O–H groups in total. The van der Waals surface area contributed by atoms with Crippen LogP contribution in [0.2, 0.25) is 0 Å². The summed E-state index contributed by atoms with van der Waals surface area (Å²) in [6.45, 7) is 4.65. The van der Waals surface area contributed by atoms with Gasteiger partial charge in [-0.05, 0) is 12.5 Å². The third-order valence-corrected chi connectivity index (χ3v) is 6.41. The average molecular weight is 396 g/mol. The molecule has 8 nitrogen and oxygen atoms in total. The Morgan fingerprint density at radius 2 is 2.09 bits per heavy atom. The third-order valence-electron chi connectivity index (χ3n) is 3.36. The molecule has 1 aromatic rings. The van der Waals surface area contributed by atoms with Gasteiger partial charge in [-0.25, -0.2) is 9.34 Å². The van der Waals surface area contributed by atoms with Crippen molar-refractivity contribution in [3.8, 4) is 0 Å². The summed E-state index contributed by atoms with van der Waals surface area (Å²) in [5.41, 5.74) is 0. The Morgan fingerprint density at radius 3 is 2.64 bits per heavy atom. The summed E-state index contributed by atoms with van der Waals surface area (Å²) in [6.07, 6.45) is 0.877. The van der Waals surface area contributed by atoms with Crippen molar-refractivity contribution in [3.63, 3.8) is 0 Å². The van der Waals surface area contributed by atoms with Crippen molar-refractivity contribution in [2.24, 2.45) is 0 Å². The van der Waals surface area contributed by atoms with Gasteiger partial charge in [0.05, 0.1) is 6.07 Å². The van der Waals surface area contributed by atoms with E-state index in [-0.39, 0.29) is 12.5 Å². The van der Waals surface area contributed by atoms with Crippen molar-refractivity contribution in [1.29, 1.82) is 0 Å². The molecule has 2 heterocycles. The van der Waals surface area contributed by atoms with E-state index < -0.39 is 12.6 Å². The maximum Gasteiger partial charge on any atom is 0.433 e. The number of hydrogen-bond acceptors (Lipinski definition) is 5. The molecule has 1 unspecified atom stereocenters. The van der Waals surface area contributed by atoms with Crippen LogP contribution in [0.15, 0.2) is 16.5 Å². The van der Waals surface area contributed by atoms with Gasteiger partial charge in [0, 0.05) is 31.5 Å². The summed E-state index contributed by atoms with van der Waals surface area (Å²) in [7, 11) is -3.10. The fourth-order valence-corrected chi connectivity index (χ4v) is 5.52. The minimum Gasteiger partial charge on any atom is -0.403 e. The van der Waals surface area contributed by atoms with Crippen molar-refractivity contribution in [1.82, 2.24) is 9.34 Å². The van der Waals surface area contributed by atoms with Crippen LogP contribution in [0.4, 0.5) is 5.88 Å². The largest absolute Gasteiger partial charge is 0.433 e. The summed E-state index contributed by atoms with van der Waals surface area (Å²) < 4.78 is 27.6. The molecule has 0 bridgehead atoms. The molecule has 1 aliphatic rings. The summed E-state index contributed by atoms with van der Waals surface area (Å²) in [6, 6.07) is 2.74. The average Bonchev–Trinajstić information content (AvgIpc) is 3.06. The SMILES string of the molecule is CCCN1CCN(CCBr)P1(=O)OCc1ccc([N+](=O)[O-])o1. The lowest BCUT2D eigenvalue weighted by atomic mass is 10.5. The monoisotopic (exact) mass is 395 g/mol. The topological polar surface area (TPSA) is 89.1 Å². The first-order valence-corrected chi connectivity index (χ1v) is 9.71. The fraction of sp³-hybridized carbons (Fsp3) is 0.667. The molecule has 1 atom stereocenters. The van der Waals surface area contributed by atoms with E-state index in [1.54, 1.807) is 0 Å². The van der Waals surface area contributed by atoms with Crippen LogP contribution in [0.1, 0.15) is 19.1 Å². The smallest absolute Gasteiger partial charge is 0.403 e. The predicted octanol–water partition coefficient (Wildman–Crippen LogP) is 3.24. The second-order valence-electron chi connectivity index (χ2n) is 4.86. The van der Waals surface area contributed by atoms with Gasteiger partial charge < -0.3 is 4.42 Å². The van der Waals surface area contributed by atoms with Crippen molar-refractivity contribution >= 4 is 29.5 Å². The van der Waals surface area contributed by atoms with Crippen LogP contribution in [0.25, 0.3) is 0 Å². The van der Waals surface area contributed by atoms with Gasteiger partial charge >= 0.3 is 13.6 Å². The molecule has 1 aromatic heterocycles. The van der Waals surface area contributed by atoms with Gasteiger partial charge in [0.25, 0.3) is 0 Å². The molecule has 124 valence electrons. The van der Waals surface area contributed by atoms with Crippen LogP contribution < -0.4 is 0 Å². The Bertz CT molecular complexity index is 549. The molecule has 22 heavy (non-hydrogen) atoms. The van der Waals surface area contributed by atoms with E-state index in [1.165, 1.54) is 12.1 Å². The molecule has 2 rings (SSSR count). The lowest BCUT2D eigenvalue weighted by molar-refractivity contribution is -0.402. The Labute approximate surface area is 137 Å². The molecule has 0 spiro atoms. The van der Waals surface area contributed by atoms with Gasteiger partial charge in [-0.3, -0.25) is 19.2 Å². The van der Waals surface area contributed by atoms with E-state index in [9.17, 15) is 14.7 Å². The number of nitro groups is 1. The minimum absolute atomic E-state index is 0.0515. The van der Waals surface area contributed by atoms with Gasteiger partial charge in [-0.15, -0.1) is 0 Å². The van der Waals surface area contributed by atoms with Crippen molar-refractivity contribution in [2.75, 3.05) is 31.5 Å². The van der Waals surface area contributed by atoms with E-state index >= 15 is 0 Å². The Hall–Kier alpha value is -0.730. The standard InChI is InChI=1S/C12H19BrN3O5P/c1-2-6-14-8-9-15(7-5-13)22(14,19)20-10-11-3-4-12(21-11)16(17)18/h3-4H,2,5-10H2,1H3. The molecule has 0 aromatic carbocycles. The van der Waals surface area contributed by atoms with E-state index in [1.807, 2.05) is 16.3 Å². The van der Waals surface area contributed by atoms with Crippen LogP contribution in [0, 0.1) is 10.1 Å². The molecule has 10 heteroatoms. The van der Waals surface area contributed by atoms with Gasteiger partial charge in [-0.2, -0.15) is 0 Å². The number of furan rings is 1. The first kappa shape index (κ1) is 17.6. The normalized spacial score (nSPS) is 23.2. The number of nitrogens with zero attached hydrogens (tertiary/aromatic N) is 3. The second-order valence-corrected chi connectivity index (χ2v) is 8.02. The summed E-state index contributed by atoms with van der Waals surface area (Å²) in [5, 5.41) is 11.3. The van der Waals surface area contributed by atoms with E-state index in [4.69, 9.17) is 8.94 Å². The van der Waals surface area contributed by atoms with Gasteiger partial charge in [-0.1, -0.05) is 22.9 Å². The van der Waals surface area contributed by atoms with E-state index in [0.717, 1.165) is 6.42 Å². The maximum absolute atomic E-state index is 13.2. The molecule has 0 saturated carbocycles. The van der Waals surface area contributed by atoms with Crippen LogP contribution in [0.3, 0.4) is 0 Å². The van der Waals surface area contributed by atoms with Gasteiger partial charge in [0.2, 0.25) is 0 Å². The van der Waals surface area contributed by atoms with Crippen LogP contribution in [0.5, 0.6) is 0 Å². The highest BCUT2D eigenvalue weighted by atomic mass is 79.9. The molecule has 0 amide bonds. The van der Waals surface area contributed by atoms with Gasteiger partial charge in [0.15, 0.2) is 0 Å². The summed E-state index contributed by atoms with van der Waals surface area (Å²) >= 11 is 3.35. The second kappa shape index (κ2) is 7.70. The quantitative estimate of drug-likeness (QED) is 0.289. The molecule has 1 fully saturated rings. The fourth-order valence-electron chi connectivity index (χ4n) is 2.35. The lowest BCUT2D eigenvalue weighted by Crippen LogP contribution is -2.23. The zero-order chi connectivity index (χ0) is 16.2. The van der Waals surface area contributed by atoms with Crippen LogP contribution in [-0.4, -0.2) is 45.8 Å². The first-order valence-electron chi connectivity index (χ1n) is 7.05. The van der Waals surface area contributed by atoms with Gasteiger partial charge in [0.1, 0.15) is 17.3 Å². The third kappa shape index (κ3) is 3.78. The molecular weight excluding hydrogens is 377 g/mol. The molecule has 1 aliphatic heterocycles. The zero-order valence-electron chi connectivity index (χ0n) is 12.3. The highest BCUT2D eigenvalue weighted by molar-refractivity contribution is 9.09. The Balaban J connectivity index is 2.07. The van der Waals surface area contributed by atoms with E-state index in [2.05, 4.69) is 15.9 Å². The molecule has 0 radical (unpaired) electrons. The maximum atomic E-state index is 13.2.